The van der Waals surface area contributed by atoms with Crippen LogP contribution in [-0.4, -0.2) is 16.5 Å². The highest BCUT2D eigenvalue weighted by molar-refractivity contribution is 6.63. The molecule has 1 aromatic carbocycles. The molecule has 0 fully saturated rings. The lowest BCUT2D eigenvalue weighted by atomic mass is 10.2. The fourth-order valence-corrected chi connectivity index (χ4v) is 0.800. The van der Waals surface area contributed by atoms with Crippen molar-refractivity contribution in [1.82, 2.24) is 0 Å². The van der Waals surface area contributed by atoms with Crippen molar-refractivity contribution in [3.8, 4) is 0 Å². The monoisotopic (exact) mass is 199 g/mol. The summed E-state index contributed by atoms with van der Waals surface area (Å²) in [6, 6.07) is 8.24. The van der Waals surface area contributed by atoms with Gasteiger partial charge in [0, 0.05) is 0 Å². The van der Waals surface area contributed by atoms with Gasteiger partial charge in [0.1, 0.15) is 0 Å². The number of halogens is 1. The molecule has 0 saturated heterocycles. The average Bonchev–Trinajstić information content (AvgIpc) is 2.19. The van der Waals surface area contributed by atoms with Gasteiger partial charge < -0.3 is 9.94 Å². The Labute approximate surface area is 79.4 Å². The molecule has 0 aromatic heterocycles. The van der Waals surface area contributed by atoms with E-state index in [1.807, 2.05) is 0 Å². The number of rotatable bonds is 1. The second kappa shape index (κ2) is 4.47. The largest absolute Gasteiger partial charge is 0.407 e. The normalized spacial score (nSPS) is 11.0. The number of nitrogens with zero attached hydrogens (tertiary/aromatic N) is 1. The maximum absolute atomic E-state index is 11.1. The summed E-state index contributed by atoms with van der Waals surface area (Å²) < 4.78 is 4.41. The molecule has 0 amide bonds. The number of esters is 1. The van der Waals surface area contributed by atoms with E-state index in [-0.39, 0.29) is 0 Å². The highest BCUT2D eigenvalue weighted by Crippen LogP contribution is 2.02. The Balaban J connectivity index is 2.70. The van der Waals surface area contributed by atoms with Gasteiger partial charge in [-0.1, -0.05) is 18.2 Å². The Hall–Kier alpha value is -1.55. The Morgan fingerprint density at radius 3 is 2.54 bits per heavy atom. The molecule has 0 heterocycles. The van der Waals surface area contributed by atoms with E-state index in [0.29, 0.717) is 5.56 Å². The van der Waals surface area contributed by atoms with E-state index in [4.69, 9.17) is 16.8 Å². The van der Waals surface area contributed by atoms with Gasteiger partial charge in [-0.05, 0) is 28.9 Å². The lowest BCUT2D eigenvalue weighted by Crippen LogP contribution is -2.07. The molecule has 0 aliphatic heterocycles. The predicted octanol–water partition coefficient (Wildman–Crippen LogP) is 1.83. The summed E-state index contributed by atoms with van der Waals surface area (Å²) in [4.78, 5) is 11.1. The molecule has 4 nitrogen and oxygen atoms in total. The zero-order chi connectivity index (χ0) is 9.68. The smallest absolute Gasteiger partial charge is 0.345 e. The Morgan fingerprint density at radius 2 is 2.00 bits per heavy atom. The van der Waals surface area contributed by atoms with Crippen LogP contribution >= 0.6 is 11.6 Å². The summed E-state index contributed by atoms with van der Waals surface area (Å²) in [7, 11) is 0. The van der Waals surface area contributed by atoms with Crippen molar-refractivity contribution in [3.05, 3.63) is 35.9 Å². The molecule has 0 aliphatic rings. The lowest BCUT2D eigenvalue weighted by Gasteiger charge is -1.98. The van der Waals surface area contributed by atoms with Crippen molar-refractivity contribution in [3.63, 3.8) is 0 Å². The molecule has 68 valence electrons. The van der Waals surface area contributed by atoms with Crippen LogP contribution in [0.4, 0.5) is 0 Å². The van der Waals surface area contributed by atoms with Crippen LogP contribution in [0.2, 0.25) is 0 Å². The maximum atomic E-state index is 11.1. The second-order valence-corrected chi connectivity index (χ2v) is 2.43. The van der Waals surface area contributed by atoms with Crippen LogP contribution in [0.15, 0.2) is 35.5 Å². The van der Waals surface area contributed by atoms with Crippen molar-refractivity contribution in [1.29, 1.82) is 0 Å². The molecule has 0 saturated carbocycles. The van der Waals surface area contributed by atoms with Gasteiger partial charge in [0.25, 0.3) is 0 Å². The molecule has 1 aromatic rings. The van der Waals surface area contributed by atoms with Gasteiger partial charge in [-0.25, -0.2) is 4.79 Å². The SMILES string of the molecule is O=C(OC(Cl)=NO)c1ccccc1. The molecular formula is C8H6ClNO3. The van der Waals surface area contributed by atoms with E-state index in [1.165, 1.54) is 0 Å². The van der Waals surface area contributed by atoms with Crippen molar-refractivity contribution in [2.75, 3.05) is 0 Å². The number of hydrogen-bond donors (Lipinski definition) is 1. The van der Waals surface area contributed by atoms with Crippen LogP contribution in [0, 0.1) is 0 Å². The van der Waals surface area contributed by atoms with E-state index >= 15 is 0 Å². The Bertz CT molecular complexity index is 323. The summed E-state index contributed by atoms with van der Waals surface area (Å²) in [5.41, 5.74) is 0.337. The molecule has 0 atom stereocenters. The van der Waals surface area contributed by atoms with Gasteiger partial charge in [-0.15, -0.1) is 0 Å². The van der Waals surface area contributed by atoms with E-state index in [9.17, 15) is 4.79 Å². The third-order valence-corrected chi connectivity index (χ3v) is 1.42. The molecule has 1 rings (SSSR count). The van der Waals surface area contributed by atoms with Crippen LogP contribution in [0.1, 0.15) is 10.4 Å². The van der Waals surface area contributed by atoms with Crippen LogP contribution in [0.3, 0.4) is 0 Å². The van der Waals surface area contributed by atoms with E-state index < -0.39 is 11.3 Å². The van der Waals surface area contributed by atoms with Crippen molar-refractivity contribution >= 4 is 22.9 Å². The molecule has 0 aliphatic carbocycles. The number of hydrogen-bond acceptors (Lipinski definition) is 4. The first-order chi connectivity index (χ1) is 6.24. The number of carbonyl (C=O) groups excluding carboxylic acids is 1. The topological polar surface area (TPSA) is 58.9 Å². The zero-order valence-corrected chi connectivity index (χ0v) is 7.23. The minimum absolute atomic E-state index is 0.337. The molecular weight excluding hydrogens is 194 g/mol. The van der Waals surface area contributed by atoms with Gasteiger partial charge in [0.2, 0.25) is 0 Å². The molecule has 5 heteroatoms. The van der Waals surface area contributed by atoms with Gasteiger partial charge in [0.15, 0.2) is 0 Å². The van der Waals surface area contributed by atoms with Crippen LogP contribution in [0.5, 0.6) is 0 Å². The molecule has 0 unspecified atom stereocenters. The van der Waals surface area contributed by atoms with Gasteiger partial charge in [0.05, 0.1) is 5.56 Å². The Morgan fingerprint density at radius 1 is 1.38 bits per heavy atom. The molecule has 13 heavy (non-hydrogen) atoms. The van der Waals surface area contributed by atoms with Crippen molar-refractivity contribution < 1.29 is 14.7 Å². The standard InChI is InChI=1S/C8H6ClNO3/c9-8(10-12)13-7(11)6-4-2-1-3-5-6/h1-5,12H. The van der Waals surface area contributed by atoms with Gasteiger partial charge in [-0.2, -0.15) is 0 Å². The highest BCUT2D eigenvalue weighted by atomic mass is 35.5. The maximum Gasteiger partial charge on any atom is 0.345 e. The zero-order valence-electron chi connectivity index (χ0n) is 6.48. The molecule has 0 spiro atoms. The minimum Gasteiger partial charge on any atom is -0.407 e. The van der Waals surface area contributed by atoms with E-state index in [2.05, 4.69) is 9.89 Å². The summed E-state index contributed by atoms with van der Waals surface area (Å²) in [5.74, 6) is -0.664. The summed E-state index contributed by atoms with van der Waals surface area (Å²) in [6.07, 6.45) is 0. The number of carbonyl (C=O) groups is 1. The van der Waals surface area contributed by atoms with E-state index in [1.54, 1.807) is 30.3 Å². The summed E-state index contributed by atoms with van der Waals surface area (Å²) in [6.45, 7) is 0. The predicted molar refractivity (Wildman–Crippen MR) is 46.9 cm³/mol. The van der Waals surface area contributed by atoms with Gasteiger partial charge >= 0.3 is 11.3 Å². The second-order valence-electron chi connectivity index (χ2n) is 2.11. The van der Waals surface area contributed by atoms with Crippen LogP contribution in [0.25, 0.3) is 0 Å². The minimum atomic E-state index is -0.664. The number of ether oxygens (including phenoxy) is 1. The van der Waals surface area contributed by atoms with Gasteiger partial charge in [-0.3, -0.25) is 0 Å². The van der Waals surface area contributed by atoms with Crippen LogP contribution < -0.4 is 0 Å². The third-order valence-electron chi connectivity index (χ3n) is 1.27. The van der Waals surface area contributed by atoms with Crippen molar-refractivity contribution in [2.24, 2.45) is 5.16 Å². The summed E-state index contributed by atoms with van der Waals surface area (Å²) >= 11 is 5.17. The first-order valence-electron chi connectivity index (χ1n) is 3.39. The van der Waals surface area contributed by atoms with Crippen molar-refractivity contribution in [2.45, 2.75) is 0 Å². The first kappa shape index (κ1) is 9.54. The van der Waals surface area contributed by atoms with Crippen LogP contribution in [-0.2, 0) is 4.74 Å². The fourth-order valence-electron chi connectivity index (χ4n) is 0.730. The summed E-state index contributed by atoms with van der Waals surface area (Å²) in [5, 5.41) is 10.00. The molecule has 0 bridgehead atoms. The number of oxime groups is 1. The average molecular weight is 200 g/mol. The first-order valence-corrected chi connectivity index (χ1v) is 3.76. The van der Waals surface area contributed by atoms with E-state index in [0.717, 1.165) is 0 Å². The quantitative estimate of drug-likeness (QED) is 0.247. The molecule has 0 radical (unpaired) electrons. The number of benzene rings is 1. The molecule has 1 N–H and O–H groups in total. The fraction of sp³-hybridized carbons (Fsp3) is 0. The highest BCUT2D eigenvalue weighted by Gasteiger charge is 2.08. The third kappa shape index (κ3) is 2.76. The Kier molecular flexibility index (Phi) is 3.28. The lowest BCUT2D eigenvalue weighted by molar-refractivity contribution is 0.0714.